The number of aliphatic imine (C=N–C) groups is 1. The normalized spacial score (nSPS) is 23.2. The third-order valence-electron chi connectivity index (χ3n) is 3.82. The Morgan fingerprint density at radius 1 is 1.27 bits per heavy atom. The van der Waals surface area contributed by atoms with E-state index < -0.39 is 10.0 Å². The maximum absolute atomic E-state index is 11.4. The van der Waals surface area contributed by atoms with Gasteiger partial charge in [-0.2, -0.15) is 0 Å². The van der Waals surface area contributed by atoms with E-state index in [-0.39, 0.29) is 12.0 Å². The molecule has 2 rings (SSSR count). The second kappa shape index (κ2) is 7.60. The highest BCUT2D eigenvalue weighted by molar-refractivity contribution is 7.88. The first kappa shape index (κ1) is 16.8. The highest BCUT2D eigenvalue weighted by Gasteiger charge is 2.27. The molecule has 7 heteroatoms. The van der Waals surface area contributed by atoms with Crippen LogP contribution >= 0.6 is 0 Å². The average Bonchev–Trinajstić information content (AvgIpc) is 2.46. The Morgan fingerprint density at radius 2 is 1.95 bits per heavy atom. The molecule has 0 bridgehead atoms. The van der Waals surface area contributed by atoms with Crippen LogP contribution in [-0.4, -0.2) is 33.2 Å². The van der Waals surface area contributed by atoms with Gasteiger partial charge in [0.15, 0.2) is 5.96 Å². The van der Waals surface area contributed by atoms with Crippen molar-refractivity contribution in [3.8, 4) is 0 Å². The standard InChI is InChI=1S/C15H24N4O2S/c1-22(20,21)19-14-10-6-5-7-12(14)11-17-15(16)18-13-8-3-2-4-9-13/h2-4,8-9,12,14,19H,5-7,10-11H2,1H3,(H3,16,17,18). The SMILES string of the molecule is CS(=O)(=O)NC1CCCCC1CN=C(N)Nc1ccccc1. The Hall–Kier alpha value is -1.60. The summed E-state index contributed by atoms with van der Waals surface area (Å²) < 4.78 is 25.6. The summed E-state index contributed by atoms with van der Waals surface area (Å²) in [7, 11) is -3.19. The van der Waals surface area contributed by atoms with E-state index in [0.717, 1.165) is 31.4 Å². The minimum atomic E-state index is -3.19. The summed E-state index contributed by atoms with van der Waals surface area (Å²) in [5.74, 6) is 0.550. The fraction of sp³-hybridized carbons (Fsp3) is 0.533. The Morgan fingerprint density at radius 3 is 2.64 bits per heavy atom. The van der Waals surface area contributed by atoms with Crippen molar-refractivity contribution in [1.82, 2.24) is 4.72 Å². The summed E-state index contributed by atoms with van der Waals surface area (Å²) >= 11 is 0. The first-order valence-corrected chi connectivity index (χ1v) is 9.42. The molecule has 0 heterocycles. The van der Waals surface area contributed by atoms with E-state index in [1.807, 2.05) is 30.3 Å². The lowest BCUT2D eigenvalue weighted by Gasteiger charge is -2.30. The second-order valence-corrected chi connectivity index (χ2v) is 7.54. The lowest BCUT2D eigenvalue weighted by Crippen LogP contribution is -2.43. The maximum atomic E-state index is 11.4. The highest BCUT2D eigenvalue weighted by Crippen LogP contribution is 2.25. The van der Waals surface area contributed by atoms with E-state index in [2.05, 4.69) is 15.0 Å². The quantitative estimate of drug-likeness (QED) is 0.565. The number of hydrogen-bond acceptors (Lipinski definition) is 3. The van der Waals surface area contributed by atoms with Crippen molar-refractivity contribution >= 4 is 21.7 Å². The molecule has 0 aliphatic heterocycles. The highest BCUT2D eigenvalue weighted by atomic mass is 32.2. The van der Waals surface area contributed by atoms with Crippen LogP contribution in [-0.2, 0) is 10.0 Å². The monoisotopic (exact) mass is 324 g/mol. The Bertz CT molecular complexity index is 601. The molecule has 0 saturated heterocycles. The van der Waals surface area contributed by atoms with Gasteiger partial charge in [-0.05, 0) is 30.9 Å². The van der Waals surface area contributed by atoms with Gasteiger partial charge in [0.25, 0.3) is 0 Å². The van der Waals surface area contributed by atoms with Crippen molar-refractivity contribution in [2.24, 2.45) is 16.6 Å². The van der Waals surface area contributed by atoms with Crippen LogP contribution < -0.4 is 15.8 Å². The number of rotatable bonds is 5. The van der Waals surface area contributed by atoms with E-state index >= 15 is 0 Å². The number of hydrogen-bond donors (Lipinski definition) is 3. The largest absolute Gasteiger partial charge is 0.370 e. The van der Waals surface area contributed by atoms with Gasteiger partial charge in [-0.3, -0.25) is 4.99 Å². The molecule has 1 aromatic rings. The topological polar surface area (TPSA) is 96.6 Å². The summed E-state index contributed by atoms with van der Waals surface area (Å²) in [5, 5.41) is 3.03. The molecule has 1 fully saturated rings. The van der Waals surface area contributed by atoms with Gasteiger partial charge in [0.2, 0.25) is 10.0 Å². The lowest BCUT2D eigenvalue weighted by atomic mass is 9.85. The number of anilines is 1. The maximum Gasteiger partial charge on any atom is 0.208 e. The molecule has 2 atom stereocenters. The van der Waals surface area contributed by atoms with Crippen LogP contribution in [0, 0.1) is 5.92 Å². The van der Waals surface area contributed by atoms with Crippen LogP contribution in [0.1, 0.15) is 25.7 Å². The van der Waals surface area contributed by atoms with Crippen LogP contribution in [0.5, 0.6) is 0 Å². The first-order valence-electron chi connectivity index (χ1n) is 7.53. The van der Waals surface area contributed by atoms with E-state index in [4.69, 9.17) is 5.73 Å². The molecule has 1 aromatic carbocycles. The Balaban J connectivity index is 1.93. The molecule has 0 spiro atoms. The zero-order valence-electron chi connectivity index (χ0n) is 12.8. The van der Waals surface area contributed by atoms with Gasteiger partial charge in [0, 0.05) is 18.3 Å². The van der Waals surface area contributed by atoms with Gasteiger partial charge >= 0.3 is 0 Å². The van der Waals surface area contributed by atoms with Gasteiger partial charge in [0.05, 0.1) is 6.26 Å². The summed E-state index contributed by atoms with van der Waals surface area (Å²) in [6.07, 6.45) is 5.18. The number of nitrogens with one attached hydrogen (secondary N) is 2. The minimum absolute atomic E-state index is 0.0444. The summed E-state index contributed by atoms with van der Waals surface area (Å²) in [6.45, 7) is 0.527. The van der Waals surface area contributed by atoms with Crippen LogP contribution in [0.15, 0.2) is 35.3 Å². The predicted molar refractivity (Wildman–Crippen MR) is 90.3 cm³/mol. The molecule has 0 radical (unpaired) electrons. The third kappa shape index (κ3) is 5.65. The van der Waals surface area contributed by atoms with E-state index in [9.17, 15) is 8.42 Å². The van der Waals surface area contributed by atoms with Crippen LogP contribution in [0.2, 0.25) is 0 Å². The van der Waals surface area contributed by atoms with Gasteiger partial charge < -0.3 is 11.1 Å². The van der Waals surface area contributed by atoms with Crippen molar-refractivity contribution in [2.75, 3.05) is 18.1 Å². The van der Waals surface area contributed by atoms with Gasteiger partial charge in [-0.15, -0.1) is 0 Å². The summed E-state index contributed by atoms with van der Waals surface area (Å²) in [4.78, 5) is 4.37. The lowest BCUT2D eigenvalue weighted by molar-refractivity contribution is 0.297. The molecular formula is C15H24N4O2S. The van der Waals surface area contributed by atoms with E-state index in [1.165, 1.54) is 6.26 Å². The summed E-state index contributed by atoms with van der Waals surface area (Å²) in [6, 6.07) is 9.55. The van der Waals surface area contributed by atoms with Gasteiger partial charge in [-0.1, -0.05) is 31.0 Å². The van der Waals surface area contributed by atoms with Crippen LogP contribution in [0.4, 0.5) is 5.69 Å². The zero-order chi connectivity index (χ0) is 16.0. The number of benzene rings is 1. The van der Waals surface area contributed by atoms with E-state index in [0.29, 0.717) is 12.5 Å². The molecule has 122 valence electrons. The first-order chi connectivity index (χ1) is 10.4. The molecule has 4 N–H and O–H groups in total. The van der Waals surface area contributed by atoms with Crippen molar-refractivity contribution < 1.29 is 8.42 Å². The van der Waals surface area contributed by atoms with Crippen molar-refractivity contribution in [2.45, 2.75) is 31.7 Å². The van der Waals surface area contributed by atoms with Crippen molar-refractivity contribution in [1.29, 1.82) is 0 Å². The molecule has 1 aliphatic carbocycles. The van der Waals surface area contributed by atoms with Gasteiger partial charge in [0.1, 0.15) is 0 Å². The third-order valence-corrected chi connectivity index (χ3v) is 4.55. The van der Waals surface area contributed by atoms with Crippen LogP contribution in [0.25, 0.3) is 0 Å². The predicted octanol–water partition coefficient (Wildman–Crippen LogP) is 1.52. The smallest absolute Gasteiger partial charge is 0.208 e. The molecule has 0 aromatic heterocycles. The summed E-state index contributed by atoms with van der Waals surface area (Å²) in [5.41, 5.74) is 6.78. The fourth-order valence-electron chi connectivity index (χ4n) is 2.78. The Kier molecular flexibility index (Phi) is 5.79. The molecule has 1 saturated carbocycles. The number of nitrogens with zero attached hydrogens (tertiary/aromatic N) is 1. The Labute approximate surface area is 132 Å². The molecule has 22 heavy (non-hydrogen) atoms. The fourth-order valence-corrected chi connectivity index (χ4v) is 3.64. The number of para-hydroxylation sites is 1. The average molecular weight is 324 g/mol. The van der Waals surface area contributed by atoms with Crippen molar-refractivity contribution in [3.63, 3.8) is 0 Å². The van der Waals surface area contributed by atoms with Crippen molar-refractivity contribution in [3.05, 3.63) is 30.3 Å². The minimum Gasteiger partial charge on any atom is -0.370 e. The second-order valence-electron chi connectivity index (χ2n) is 5.76. The molecule has 6 nitrogen and oxygen atoms in total. The molecular weight excluding hydrogens is 300 g/mol. The van der Waals surface area contributed by atoms with Crippen LogP contribution in [0.3, 0.4) is 0 Å². The molecule has 0 amide bonds. The van der Waals surface area contributed by atoms with Gasteiger partial charge in [-0.25, -0.2) is 13.1 Å². The molecule has 1 aliphatic rings. The number of sulfonamides is 1. The number of guanidine groups is 1. The molecule has 2 unspecified atom stereocenters. The van der Waals surface area contributed by atoms with E-state index in [1.54, 1.807) is 0 Å². The number of nitrogens with two attached hydrogens (primary N) is 1. The zero-order valence-corrected chi connectivity index (χ0v) is 13.6.